The number of ketones is 1. The molecule has 1 N–H and O–H groups in total. The number of amides is 1. The van der Waals surface area contributed by atoms with Crippen LogP contribution in [0.15, 0.2) is 84.9 Å². The zero-order valence-electron chi connectivity index (χ0n) is 19.5. The van der Waals surface area contributed by atoms with E-state index in [2.05, 4.69) is 0 Å². The molecule has 35 heavy (non-hydrogen) atoms. The molecule has 0 spiro atoms. The van der Waals surface area contributed by atoms with Crippen LogP contribution < -0.4 is 14.4 Å². The van der Waals surface area contributed by atoms with Gasteiger partial charge in [0.1, 0.15) is 0 Å². The molecule has 0 aliphatic carbocycles. The van der Waals surface area contributed by atoms with Crippen LogP contribution in [0.25, 0.3) is 10.8 Å². The summed E-state index contributed by atoms with van der Waals surface area (Å²) < 4.78 is 10.7. The average molecular weight is 468 g/mol. The molecule has 0 radical (unpaired) electrons. The van der Waals surface area contributed by atoms with E-state index in [1.54, 1.807) is 50.6 Å². The second-order valence-electron chi connectivity index (χ2n) is 8.58. The maximum Gasteiger partial charge on any atom is 0.264 e. The number of methoxy groups -OCH3 is 2. The summed E-state index contributed by atoms with van der Waals surface area (Å²) in [5, 5.41) is 13.4. The van der Waals surface area contributed by atoms with Gasteiger partial charge < -0.3 is 19.5 Å². The highest BCUT2D eigenvalue weighted by atomic mass is 16.5. The lowest BCUT2D eigenvalue weighted by atomic mass is 9.87. The molecule has 176 valence electrons. The number of Topliss-reactive ketones (excluding diaryl/α,β-unsaturated/α-hetero) is 1. The van der Waals surface area contributed by atoms with E-state index in [0.717, 1.165) is 16.3 Å². The number of rotatable bonds is 7. The van der Waals surface area contributed by atoms with Crippen LogP contribution in [0.5, 0.6) is 11.5 Å². The van der Waals surface area contributed by atoms with Gasteiger partial charge in [0.05, 0.1) is 32.9 Å². The fourth-order valence-corrected chi connectivity index (χ4v) is 4.79. The normalized spacial score (nSPS) is 16.9. The van der Waals surface area contributed by atoms with Gasteiger partial charge in [-0.3, -0.25) is 9.59 Å². The average Bonchev–Trinajstić information content (AvgIpc) is 3.10. The molecule has 1 aliphatic heterocycles. The van der Waals surface area contributed by atoms with Crippen molar-refractivity contribution in [3.05, 3.63) is 102 Å². The van der Waals surface area contributed by atoms with Crippen LogP contribution in [-0.4, -0.2) is 31.0 Å². The van der Waals surface area contributed by atoms with Crippen LogP contribution in [0.2, 0.25) is 0 Å². The van der Waals surface area contributed by atoms with Gasteiger partial charge >= 0.3 is 0 Å². The van der Waals surface area contributed by atoms with Crippen molar-refractivity contribution in [2.75, 3.05) is 19.1 Å². The van der Waals surface area contributed by atoms with E-state index >= 15 is 0 Å². The van der Waals surface area contributed by atoms with Gasteiger partial charge in [-0.15, -0.1) is 0 Å². The van der Waals surface area contributed by atoms with Crippen molar-refractivity contribution in [3.8, 4) is 11.5 Å². The van der Waals surface area contributed by atoms with E-state index in [4.69, 9.17) is 9.47 Å². The number of carbonyl (C=O) groups is 2. The van der Waals surface area contributed by atoms with Gasteiger partial charge in [0, 0.05) is 11.1 Å². The van der Waals surface area contributed by atoms with E-state index in [-0.39, 0.29) is 18.7 Å². The highest BCUT2D eigenvalue weighted by Crippen LogP contribution is 2.44. The number of benzene rings is 4. The zero-order chi connectivity index (χ0) is 24.6. The number of hydrogen-bond donors (Lipinski definition) is 1. The maximum atomic E-state index is 13.7. The third-order valence-electron chi connectivity index (χ3n) is 6.53. The number of hydrogen-bond acceptors (Lipinski definition) is 5. The quantitative estimate of drug-likeness (QED) is 0.393. The SMILES string of the molecule is COc1ccc(CN2C(=O)[C@@](O)(CC(=O)c3cccc4ccccc34)c3ccccc32)cc1OC. The van der Waals surface area contributed by atoms with Gasteiger partial charge in [0.15, 0.2) is 22.9 Å². The largest absolute Gasteiger partial charge is 0.493 e. The Bertz CT molecular complexity index is 1440. The number of nitrogens with zero attached hydrogens (tertiary/aromatic N) is 1. The summed E-state index contributed by atoms with van der Waals surface area (Å²) in [6.07, 6.45) is -0.348. The summed E-state index contributed by atoms with van der Waals surface area (Å²) in [7, 11) is 3.11. The van der Waals surface area contributed by atoms with Crippen LogP contribution >= 0.6 is 0 Å². The number of para-hydroxylation sites is 1. The van der Waals surface area contributed by atoms with E-state index in [1.807, 2.05) is 48.5 Å². The van der Waals surface area contributed by atoms with E-state index in [9.17, 15) is 14.7 Å². The molecule has 1 atom stereocenters. The third kappa shape index (κ3) is 3.82. The summed E-state index contributed by atoms with van der Waals surface area (Å²) >= 11 is 0. The van der Waals surface area contributed by atoms with Crippen LogP contribution in [0, 0.1) is 0 Å². The molecule has 1 amide bonds. The number of fused-ring (bicyclic) bond motifs is 2. The van der Waals surface area contributed by atoms with Crippen molar-refractivity contribution in [1.82, 2.24) is 0 Å². The zero-order valence-corrected chi connectivity index (χ0v) is 19.5. The second kappa shape index (κ2) is 8.89. The maximum absolute atomic E-state index is 13.7. The minimum absolute atomic E-state index is 0.209. The minimum atomic E-state index is -1.96. The Labute approximate surface area is 203 Å². The lowest BCUT2D eigenvalue weighted by Crippen LogP contribution is -2.41. The fourth-order valence-electron chi connectivity index (χ4n) is 4.79. The molecule has 0 saturated carbocycles. The molecule has 4 aromatic rings. The molecule has 0 aromatic heterocycles. The Balaban J connectivity index is 1.49. The van der Waals surface area contributed by atoms with Crippen molar-refractivity contribution >= 4 is 28.2 Å². The van der Waals surface area contributed by atoms with Crippen LogP contribution in [0.1, 0.15) is 27.9 Å². The minimum Gasteiger partial charge on any atom is -0.493 e. The Morgan fingerprint density at radius 1 is 0.886 bits per heavy atom. The molecule has 6 heteroatoms. The number of aliphatic hydroxyl groups is 1. The number of ether oxygens (including phenoxy) is 2. The number of anilines is 1. The van der Waals surface area contributed by atoms with E-state index in [1.165, 1.54) is 4.90 Å². The summed E-state index contributed by atoms with van der Waals surface area (Å²) in [4.78, 5) is 28.6. The Hall–Kier alpha value is -4.16. The van der Waals surface area contributed by atoms with Gasteiger partial charge in [-0.2, -0.15) is 0 Å². The van der Waals surface area contributed by atoms with Crippen LogP contribution in [0.3, 0.4) is 0 Å². The molecule has 6 nitrogen and oxygen atoms in total. The summed E-state index contributed by atoms with van der Waals surface area (Å²) in [6.45, 7) is 0.209. The Kier molecular flexibility index (Phi) is 5.75. The van der Waals surface area contributed by atoms with E-state index < -0.39 is 11.5 Å². The molecule has 4 aromatic carbocycles. The molecule has 1 heterocycles. The number of carbonyl (C=O) groups excluding carboxylic acids is 2. The first kappa shape index (κ1) is 22.6. The van der Waals surface area contributed by atoms with Crippen molar-refractivity contribution in [2.24, 2.45) is 0 Å². The van der Waals surface area contributed by atoms with E-state index in [0.29, 0.717) is 28.3 Å². The predicted octanol–water partition coefficient (Wildman–Crippen LogP) is 4.86. The van der Waals surface area contributed by atoms with Gasteiger partial charge in [-0.25, -0.2) is 0 Å². The molecule has 0 saturated heterocycles. The first-order valence-corrected chi connectivity index (χ1v) is 11.3. The molecule has 1 aliphatic rings. The fraction of sp³-hybridized carbons (Fsp3) is 0.172. The lowest BCUT2D eigenvalue weighted by molar-refractivity contribution is -0.136. The second-order valence-corrected chi connectivity index (χ2v) is 8.58. The highest BCUT2D eigenvalue weighted by Gasteiger charge is 2.50. The van der Waals surface area contributed by atoms with Gasteiger partial charge in [0.25, 0.3) is 5.91 Å². The van der Waals surface area contributed by atoms with Crippen molar-refractivity contribution < 1.29 is 24.2 Å². The van der Waals surface area contributed by atoms with Gasteiger partial charge in [0.2, 0.25) is 0 Å². The molecular weight excluding hydrogens is 442 g/mol. The predicted molar refractivity (Wildman–Crippen MR) is 134 cm³/mol. The smallest absolute Gasteiger partial charge is 0.264 e. The molecule has 0 unspecified atom stereocenters. The molecule has 5 rings (SSSR count). The van der Waals surface area contributed by atoms with Crippen LogP contribution in [0.4, 0.5) is 5.69 Å². The molecule has 0 fully saturated rings. The first-order valence-electron chi connectivity index (χ1n) is 11.3. The van der Waals surface area contributed by atoms with Crippen molar-refractivity contribution in [3.63, 3.8) is 0 Å². The lowest BCUT2D eigenvalue weighted by Gasteiger charge is -2.23. The summed E-state index contributed by atoms with van der Waals surface area (Å²) in [6, 6.07) is 25.6. The standard InChI is InChI=1S/C29H25NO5/c1-34-26-15-14-19(16-27(26)35-2)18-30-24-13-6-5-12-23(24)29(33,28(30)32)17-25(31)22-11-7-9-20-8-3-4-10-21(20)22/h3-16,33H,17-18H2,1-2H3/t29-/m1/s1. The Morgan fingerprint density at radius 3 is 2.40 bits per heavy atom. The summed E-state index contributed by atoms with van der Waals surface area (Å²) in [5.41, 5.74) is 0.344. The first-order chi connectivity index (χ1) is 17.0. The van der Waals surface area contributed by atoms with Crippen molar-refractivity contribution in [2.45, 2.75) is 18.6 Å². The molecular formula is C29H25NO5. The van der Waals surface area contributed by atoms with Gasteiger partial charge in [-0.05, 0) is 34.5 Å². The van der Waals surface area contributed by atoms with Crippen molar-refractivity contribution in [1.29, 1.82) is 0 Å². The molecule has 0 bridgehead atoms. The third-order valence-corrected chi connectivity index (χ3v) is 6.53. The highest BCUT2D eigenvalue weighted by molar-refractivity contribution is 6.13. The van der Waals surface area contributed by atoms with Crippen LogP contribution in [-0.2, 0) is 16.9 Å². The Morgan fingerprint density at radius 2 is 1.60 bits per heavy atom. The van der Waals surface area contributed by atoms with Gasteiger partial charge in [-0.1, -0.05) is 66.7 Å². The topological polar surface area (TPSA) is 76.1 Å². The summed E-state index contributed by atoms with van der Waals surface area (Å²) in [5.74, 6) is 0.315. The monoisotopic (exact) mass is 467 g/mol.